The van der Waals surface area contributed by atoms with Crippen LogP contribution in [0.1, 0.15) is 26.7 Å². The fourth-order valence-electron chi connectivity index (χ4n) is 2.27. The van der Waals surface area contributed by atoms with Crippen molar-refractivity contribution in [3.8, 4) is 0 Å². The number of aromatic nitrogens is 3. The number of rotatable bonds is 6. The van der Waals surface area contributed by atoms with Gasteiger partial charge in [-0.05, 0) is 12.8 Å². The van der Waals surface area contributed by atoms with Crippen LogP contribution in [0, 0.1) is 0 Å². The highest BCUT2D eigenvalue weighted by Crippen LogP contribution is 2.21. The number of morpholine rings is 1. The maximum absolute atomic E-state index is 9.63. The summed E-state index contributed by atoms with van der Waals surface area (Å²) < 4.78 is 5.32. The Hall–Kier alpha value is -1.67. The molecule has 0 unspecified atom stereocenters. The van der Waals surface area contributed by atoms with E-state index >= 15 is 0 Å². The molecule has 0 aliphatic carbocycles. The molecule has 4 N–H and O–H groups in total. The van der Waals surface area contributed by atoms with Gasteiger partial charge in [0.2, 0.25) is 17.8 Å². The summed E-state index contributed by atoms with van der Waals surface area (Å²) in [5.41, 5.74) is 5.35. The number of ether oxygens (including phenoxy) is 1. The zero-order valence-corrected chi connectivity index (χ0v) is 12.7. The largest absolute Gasteiger partial charge is 0.394 e. The minimum atomic E-state index is -0.434. The van der Waals surface area contributed by atoms with Crippen LogP contribution in [-0.4, -0.2) is 58.5 Å². The quantitative estimate of drug-likeness (QED) is 0.685. The maximum atomic E-state index is 9.63. The third-order valence-corrected chi connectivity index (χ3v) is 3.97. The van der Waals surface area contributed by atoms with Crippen molar-refractivity contribution < 1.29 is 9.84 Å². The van der Waals surface area contributed by atoms with Gasteiger partial charge in [-0.3, -0.25) is 0 Å². The van der Waals surface area contributed by atoms with Gasteiger partial charge in [0.15, 0.2) is 0 Å². The number of nitrogens with zero attached hydrogens (tertiary/aromatic N) is 4. The van der Waals surface area contributed by atoms with Crippen LogP contribution in [-0.2, 0) is 4.74 Å². The van der Waals surface area contributed by atoms with Crippen LogP contribution in [0.5, 0.6) is 0 Å². The normalized spacial score (nSPS) is 16.0. The van der Waals surface area contributed by atoms with E-state index in [1.54, 1.807) is 0 Å². The molecule has 21 heavy (non-hydrogen) atoms. The average molecular weight is 296 g/mol. The lowest BCUT2D eigenvalue weighted by Gasteiger charge is -2.31. The number of hydrogen-bond donors (Lipinski definition) is 3. The molecule has 8 nitrogen and oxygen atoms in total. The fraction of sp³-hybridized carbons (Fsp3) is 0.769. The molecule has 2 rings (SSSR count). The van der Waals surface area contributed by atoms with Gasteiger partial charge in [0.1, 0.15) is 0 Å². The minimum absolute atomic E-state index is 0.0124. The van der Waals surface area contributed by atoms with E-state index in [1.807, 2.05) is 18.7 Å². The standard InChI is InChI=1S/C13H24N6O2/c1-3-13(4-2,9-20)18-11-15-10(14)16-12(17-11)19-5-7-21-8-6-19/h20H,3-9H2,1-2H3,(H3,14,15,16,17,18). The van der Waals surface area contributed by atoms with Crippen LogP contribution < -0.4 is 16.0 Å². The van der Waals surface area contributed by atoms with E-state index < -0.39 is 5.54 Å². The number of aliphatic hydroxyl groups excluding tert-OH is 1. The first-order valence-electron chi connectivity index (χ1n) is 7.35. The number of nitrogens with two attached hydrogens (primary N) is 1. The van der Waals surface area contributed by atoms with Crippen LogP contribution in [0.25, 0.3) is 0 Å². The van der Waals surface area contributed by atoms with Gasteiger partial charge in [-0.15, -0.1) is 0 Å². The van der Waals surface area contributed by atoms with Crippen molar-refractivity contribution in [1.82, 2.24) is 15.0 Å². The third-order valence-electron chi connectivity index (χ3n) is 3.97. The number of nitrogens with one attached hydrogen (secondary N) is 1. The highest BCUT2D eigenvalue weighted by molar-refractivity contribution is 5.43. The molecule has 0 saturated carbocycles. The molecule has 0 bridgehead atoms. The van der Waals surface area contributed by atoms with Gasteiger partial charge in [-0.1, -0.05) is 13.8 Å². The molecule has 1 aromatic heterocycles. The Morgan fingerprint density at radius 3 is 2.48 bits per heavy atom. The molecule has 1 saturated heterocycles. The number of anilines is 3. The van der Waals surface area contributed by atoms with Crippen molar-refractivity contribution in [2.24, 2.45) is 0 Å². The lowest BCUT2D eigenvalue weighted by molar-refractivity contribution is 0.122. The van der Waals surface area contributed by atoms with Gasteiger partial charge in [-0.2, -0.15) is 15.0 Å². The topological polar surface area (TPSA) is 109 Å². The lowest BCUT2D eigenvalue weighted by Crippen LogP contribution is -2.42. The fourth-order valence-corrected chi connectivity index (χ4v) is 2.27. The highest BCUT2D eigenvalue weighted by atomic mass is 16.5. The molecule has 0 spiro atoms. The Bertz CT molecular complexity index is 452. The average Bonchev–Trinajstić information content (AvgIpc) is 2.53. The van der Waals surface area contributed by atoms with Gasteiger partial charge < -0.3 is 25.8 Å². The van der Waals surface area contributed by atoms with Gasteiger partial charge >= 0.3 is 0 Å². The summed E-state index contributed by atoms with van der Waals surface area (Å²) in [7, 11) is 0. The maximum Gasteiger partial charge on any atom is 0.232 e. The summed E-state index contributed by atoms with van der Waals surface area (Å²) in [6, 6.07) is 0. The Labute approximate surface area is 124 Å². The minimum Gasteiger partial charge on any atom is -0.394 e. The van der Waals surface area contributed by atoms with Crippen LogP contribution in [0.4, 0.5) is 17.8 Å². The first-order chi connectivity index (χ1) is 10.1. The molecule has 1 fully saturated rings. The molecule has 0 atom stereocenters. The first kappa shape index (κ1) is 15.7. The summed E-state index contributed by atoms with van der Waals surface area (Å²) in [5.74, 6) is 1.13. The summed E-state index contributed by atoms with van der Waals surface area (Å²) in [5, 5.41) is 12.8. The second-order valence-electron chi connectivity index (χ2n) is 5.19. The molecule has 8 heteroatoms. The van der Waals surface area contributed by atoms with Crippen LogP contribution in [0.15, 0.2) is 0 Å². The molecule has 1 aromatic rings. The van der Waals surface area contributed by atoms with Crippen molar-refractivity contribution >= 4 is 17.8 Å². The second kappa shape index (κ2) is 6.86. The van der Waals surface area contributed by atoms with Crippen molar-refractivity contribution in [2.75, 3.05) is 48.9 Å². The van der Waals surface area contributed by atoms with E-state index in [2.05, 4.69) is 20.3 Å². The monoisotopic (exact) mass is 296 g/mol. The predicted molar refractivity (Wildman–Crippen MR) is 81.3 cm³/mol. The molecule has 0 amide bonds. The lowest BCUT2D eigenvalue weighted by atomic mass is 9.94. The van der Waals surface area contributed by atoms with Gasteiger partial charge in [0.05, 0.1) is 25.4 Å². The van der Waals surface area contributed by atoms with Gasteiger partial charge in [-0.25, -0.2) is 0 Å². The molecular weight excluding hydrogens is 272 g/mol. The van der Waals surface area contributed by atoms with Crippen molar-refractivity contribution in [2.45, 2.75) is 32.2 Å². The summed E-state index contributed by atoms with van der Waals surface area (Å²) in [4.78, 5) is 14.8. The zero-order chi connectivity index (χ0) is 15.3. The molecule has 0 radical (unpaired) electrons. The molecule has 1 aliphatic rings. The SMILES string of the molecule is CCC(CC)(CO)Nc1nc(N)nc(N2CCOCC2)n1. The molecule has 118 valence electrons. The van der Waals surface area contributed by atoms with Crippen LogP contribution in [0.3, 0.4) is 0 Å². The second-order valence-corrected chi connectivity index (χ2v) is 5.19. The highest BCUT2D eigenvalue weighted by Gasteiger charge is 2.27. The van der Waals surface area contributed by atoms with Crippen molar-refractivity contribution in [3.63, 3.8) is 0 Å². The van der Waals surface area contributed by atoms with Gasteiger partial charge in [0, 0.05) is 13.1 Å². The van der Waals surface area contributed by atoms with E-state index in [0.29, 0.717) is 25.1 Å². The summed E-state index contributed by atoms with van der Waals surface area (Å²) in [6.07, 6.45) is 1.52. The van der Waals surface area contributed by atoms with Gasteiger partial charge in [0.25, 0.3) is 0 Å². The predicted octanol–water partition coefficient (Wildman–Crippen LogP) is 0.253. The molecule has 1 aliphatic heterocycles. The van der Waals surface area contributed by atoms with Crippen LogP contribution in [0.2, 0.25) is 0 Å². The van der Waals surface area contributed by atoms with E-state index in [-0.39, 0.29) is 12.6 Å². The van der Waals surface area contributed by atoms with E-state index in [9.17, 15) is 5.11 Å². The Morgan fingerprint density at radius 2 is 1.90 bits per heavy atom. The van der Waals surface area contributed by atoms with Crippen LogP contribution >= 0.6 is 0 Å². The number of hydrogen-bond acceptors (Lipinski definition) is 8. The molecule has 2 heterocycles. The molecular formula is C13H24N6O2. The third kappa shape index (κ3) is 3.70. The molecule has 0 aromatic carbocycles. The summed E-state index contributed by atoms with van der Waals surface area (Å²) in [6.45, 7) is 6.81. The first-order valence-corrected chi connectivity index (χ1v) is 7.35. The van der Waals surface area contributed by atoms with Crippen molar-refractivity contribution in [1.29, 1.82) is 0 Å². The smallest absolute Gasteiger partial charge is 0.232 e. The summed E-state index contributed by atoms with van der Waals surface area (Å²) >= 11 is 0. The van der Waals surface area contributed by atoms with E-state index in [0.717, 1.165) is 25.9 Å². The Balaban J connectivity index is 2.21. The Morgan fingerprint density at radius 1 is 1.24 bits per heavy atom. The van der Waals surface area contributed by atoms with Crippen molar-refractivity contribution in [3.05, 3.63) is 0 Å². The van der Waals surface area contributed by atoms with E-state index in [4.69, 9.17) is 10.5 Å². The number of aliphatic hydroxyl groups is 1. The Kier molecular flexibility index (Phi) is 5.13. The zero-order valence-electron chi connectivity index (χ0n) is 12.7. The number of nitrogen functional groups attached to an aromatic ring is 1. The van der Waals surface area contributed by atoms with E-state index in [1.165, 1.54) is 0 Å².